The van der Waals surface area contributed by atoms with Gasteiger partial charge in [-0.1, -0.05) is 55.1 Å². The molecule has 0 N–H and O–H groups in total. The lowest BCUT2D eigenvalue weighted by Gasteiger charge is -2.21. The molecule has 0 amide bonds. The average Bonchev–Trinajstić information content (AvgIpc) is 3.39. The second-order valence-electron chi connectivity index (χ2n) is 8.70. The number of aromatic nitrogens is 2. The summed E-state index contributed by atoms with van der Waals surface area (Å²) in [5.41, 5.74) is 4.52. The van der Waals surface area contributed by atoms with E-state index in [1.807, 2.05) is 24.3 Å². The van der Waals surface area contributed by atoms with Crippen LogP contribution in [-0.2, 0) is 19.5 Å². The molecular formula is C26H28ClN2O+. The normalized spacial score (nSPS) is 16.6. The summed E-state index contributed by atoms with van der Waals surface area (Å²) in [7, 11) is 0. The fraction of sp³-hybridized carbons (Fsp3) is 0.385. The number of carbonyl (C=O) groups is 1. The standard InChI is InChI=1S/C26H28ClN2O/c27-23-14-12-21(13-15-23)24-17-28(26-7-4-16-29(24)26)18-25(30)22-10-8-20(9-11-22)19-5-2-1-3-6-19/h8-15,17,19H,1-7,16,18H2/q+1. The van der Waals surface area contributed by atoms with Gasteiger partial charge >= 0.3 is 0 Å². The van der Waals surface area contributed by atoms with Crippen LogP contribution in [-0.4, -0.2) is 10.4 Å². The van der Waals surface area contributed by atoms with Crippen LogP contribution < -0.4 is 4.57 Å². The number of rotatable bonds is 5. The number of nitrogens with zero attached hydrogens (tertiary/aromatic N) is 2. The zero-order valence-corrected chi connectivity index (χ0v) is 18.1. The second kappa shape index (κ2) is 8.39. The van der Waals surface area contributed by atoms with Gasteiger partial charge < -0.3 is 0 Å². The monoisotopic (exact) mass is 419 g/mol. The summed E-state index contributed by atoms with van der Waals surface area (Å²) in [6.45, 7) is 1.40. The lowest BCUT2D eigenvalue weighted by atomic mass is 9.84. The predicted molar refractivity (Wildman–Crippen MR) is 120 cm³/mol. The van der Waals surface area contributed by atoms with E-state index in [0.29, 0.717) is 12.5 Å². The average molecular weight is 420 g/mol. The number of Topliss-reactive ketones (excluding diaryl/α,β-unsaturated/α-hetero) is 1. The maximum Gasteiger partial charge on any atom is 0.257 e. The molecule has 0 spiro atoms. The van der Waals surface area contributed by atoms with E-state index in [4.69, 9.17) is 11.6 Å². The van der Waals surface area contributed by atoms with Gasteiger partial charge in [0.2, 0.25) is 5.78 Å². The number of hydrogen-bond donors (Lipinski definition) is 0. The van der Waals surface area contributed by atoms with Crippen molar-refractivity contribution in [1.29, 1.82) is 0 Å². The Hall–Kier alpha value is -2.39. The summed E-state index contributed by atoms with van der Waals surface area (Å²) in [5, 5.41) is 0.742. The SMILES string of the molecule is O=C(C[n+]1cc(-c2ccc(Cl)cc2)n2c1CCC2)c1ccc(C2CCCCC2)cc1. The van der Waals surface area contributed by atoms with Crippen LogP contribution in [0.5, 0.6) is 0 Å². The number of carbonyl (C=O) groups excluding carboxylic acids is 1. The Balaban J connectivity index is 1.36. The van der Waals surface area contributed by atoms with Crippen LogP contribution in [0, 0.1) is 0 Å². The Morgan fingerprint density at radius 1 is 0.967 bits per heavy atom. The number of ketones is 1. The van der Waals surface area contributed by atoms with Crippen LogP contribution >= 0.6 is 11.6 Å². The van der Waals surface area contributed by atoms with Crippen LogP contribution in [0.1, 0.15) is 66.2 Å². The highest BCUT2D eigenvalue weighted by atomic mass is 35.5. The van der Waals surface area contributed by atoms with E-state index in [1.54, 1.807) is 0 Å². The fourth-order valence-corrected chi connectivity index (χ4v) is 5.25. The van der Waals surface area contributed by atoms with Gasteiger partial charge in [-0.15, -0.1) is 0 Å². The lowest BCUT2D eigenvalue weighted by molar-refractivity contribution is -0.689. The minimum absolute atomic E-state index is 0.179. The maximum atomic E-state index is 13.0. The Morgan fingerprint density at radius 3 is 2.43 bits per heavy atom. The summed E-state index contributed by atoms with van der Waals surface area (Å²) in [5.74, 6) is 2.10. The van der Waals surface area contributed by atoms with Gasteiger partial charge in [-0.3, -0.25) is 4.79 Å². The molecule has 154 valence electrons. The smallest absolute Gasteiger partial charge is 0.257 e. The van der Waals surface area contributed by atoms with Gasteiger partial charge in [-0.2, -0.15) is 0 Å². The summed E-state index contributed by atoms with van der Waals surface area (Å²) in [4.78, 5) is 13.0. The van der Waals surface area contributed by atoms with Crippen molar-refractivity contribution in [3.05, 3.63) is 76.7 Å². The van der Waals surface area contributed by atoms with Gasteiger partial charge in [0.05, 0.1) is 13.0 Å². The number of fused-ring (bicyclic) bond motifs is 1. The Kier molecular flexibility index (Phi) is 5.47. The largest absolute Gasteiger partial charge is 0.290 e. The van der Waals surface area contributed by atoms with Crippen molar-refractivity contribution in [1.82, 2.24) is 4.57 Å². The molecule has 0 saturated heterocycles. The molecule has 3 nitrogen and oxygen atoms in total. The van der Waals surface area contributed by atoms with Crippen molar-refractivity contribution in [3.63, 3.8) is 0 Å². The molecule has 2 aromatic carbocycles. The molecule has 5 rings (SSSR count). The number of imidazole rings is 1. The molecule has 30 heavy (non-hydrogen) atoms. The molecule has 3 aromatic rings. The molecule has 2 heterocycles. The molecule has 1 fully saturated rings. The molecule has 1 aromatic heterocycles. The molecule has 2 aliphatic rings. The molecule has 4 heteroatoms. The number of hydrogen-bond acceptors (Lipinski definition) is 1. The number of halogens is 1. The minimum atomic E-state index is 0.179. The van der Waals surface area contributed by atoms with Crippen molar-refractivity contribution in [3.8, 4) is 11.3 Å². The molecular weight excluding hydrogens is 392 g/mol. The highest BCUT2D eigenvalue weighted by Crippen LogP contribution is 2.32. The van der Waals surface area contributed by atoms with Crippen LogP contribution in [0.15, 0.2) is 54.7 Å². The van der Waals surface area contributed by atoms with E-state index in [1.165, 1.54) is 49.2 Å². The topological polar surface area (TPSA) is 25.9 Å². The minimum Gasteiger partial charge on any atom is -0.290 e. The third-order valence-corrected chi connectivity index (χ3v) is 7.01. The Labute approximate surface area is 183 Å². The van der Waals surface area contributed by atoms with Gasteiger partial charge in [-0.05, 0) is 55.0 Å². The molecule has 0 bridgehead atoms. The molecule has 0 atom stereocenters. The highest BCUT2D eigenvalue weighted by Gasteiger charge is 2.29. The van der Waals surface area contributed by atoms with Gasteiger partial charge in [0, 0.05) is 16.1 Å². The van der Waals surface area contributed by atoms with Crippen molar-refractivity contribution >= 4 is 17.4 Å². The summed E-state index contributed by atoms with van der Waals surface area (Å²) in [6, 6.07) is 16.4. The third kappa shape index (κ3) is 3.83. The van der Waals surface area contributed by atoms with Gasteiger partial charge in [0.1, 0.15) is 6.20 Å². The summed E-state index contributed by atoms with van der Waals surface area (Å²) in [6.07, 6.45) is 10.9. The van der Waals surface area contributed by atoms with Gasteiger partial charge in [0.25, 0.3) is 5.82 Å². The van der Waals surface area contributed by atoms with Crippen LogP contribution in [0.2, 0.25) is 5.02 Å². The van der Waals surface area contributed by atoms with E-state index < -0.39 is 0 Å². The predicted octanol–water partition coefficient (Wildman–Crippen LogP) is 5.97. The molecule has 1 saturated carbocycles. The lowest BCUT2D eigenvalue weighted by Crippen LogP contribution is -2.40. The summed E-state index contributed by atoms with van der Waals surface area (Å²) >= 11 is 6.06. The Morgan fingerprint density at radius 2 is 1.70 bits per heavy atom. The first kappa shape index (κ1) is 19.6. The maximum absolute atomic E-state index is 13.0. The van der Waals surface area contributed by atoms with Crippen molar-refractivity contribution in [2.45, 2.75) is 64.0 Å². The van der Waals surface area contributed by atoms with Gasteiger partial charge in [-0.25, -0.2) is 9.13 Å². The molecule has 0 radical (unpaired) electrons. The van der Waals surface area contributed by atoms with Crippen molar-refractivity contribution < 1.29 is 9.36 Å². The molecule has 0 unspecified atom stereocenters. The molecule has 1 aliphatic carbocycles. The van der Waals surface area contributed by atoms with E-state index in [0.717, 1.165) is 35.5 Å². The zero-order chi connectivity index (χ0) is 20.5. The quantitative estimate of drug-likeness (QED) is 0.369. The van der Waals surface area contributed by atoms with Crippen molar-refractivity contribution in [2.24, 2.45) is 0 Å². The third-order valence-electron chi connectivity index (χ3n) is 6.76. The van der Waals surface area contributed by atoms with Gasteiger partial charge in [0.15, 0.2) is 12.2 Å². The first-order valence-corrected chi connectivity index (χ1v) is 11.6. The highest BCUT2D eigenvalue weighted by molar-refractivity contribution is 6.30. The molecule has 1 aliphatic heterocycles. The second-order valence-corrected chi connectivity index (χ2v) is 9.14. The first-order valence-electron chi connectivity index (χ1n) is 11.2. The van der Waals surface area contributed by atoms with E-state index in [2.05, 4.69) is 39.6 Å². The summed E-state index contributed by atoms with van der Waals surface area (Å²) < 4.78 is 4.50. The van der Waals surface area contributed by atoms with Crippen LogP contribution in [0.3, 0.4) is 0 Å². The number of benzene rings is 2. The fourth-order valence-electron chi connectivity index (χ4n) is 5.12. The van der Waals surface area contributed by atoms with E-state index >= 15 is 0 Å². The van der Waals surface area contributed by atoms with E-state index in [9.17, 15) is 4.79 Å². The zero-order valence-electron chi connectivity index (χ0n) is 17.3. The van der Waals surface area contributed by atoms with E-state index in [-0.39, 0.29) is 5.78 Å². The van der Waals surface area contributed by atoms with Crippen LogP contribution in [0.25, 0.3) is 11.3 Å². The van der Waals surface area contributed by atoms with Crippen molar-refractivity contribution in [2.75, 3.05) is 0 Å². The van der Waals surface area contributed by atoms with Crippen LogP contribution in [0.4, 0.5) is 0 Å². The first-order chi connectivity index (χ1) is 14.7. The Bertz CT molecular complexity index is 1040.